The van der Waals surface area contributed by atoms with Crippen molar-refractivity contribution in [1.29, 1.82) is 0 Å². The molecule has 0 saturated heterocycles. The lowest BCUT2D eigenvalue weighted by atomic mass is 10.2. The lowest BCUT2D eigenvalue weighted by Gasteiger charge is -2.15. The number of hydrogen-bond acceptors (Lipinski definition) is 3. The number of hydrogen-bond donors (Lipinski definition) is 1. The summed E-state index contributed by atoms with van der Waals surface area (Å²) in [6, 6.07) is 7.80. The third kappa shape index (κ3) is 4.34. The van der Waals surface area contributed by atoms with Gasteiger partial charge in [-0.05, 0) is 24.1 Å². The first kappa shape index (κ1) is 13.4. The number of carbonyl (C=O) groups excluding carboxylic acids is 1. The monoisotopic (exact) mass is 236 g/mol. The maximum absolute atomic E-state index is 11.5. The molecular formula is C13H20N2O2. The zero-order valence-electron chi connectivity index (χ0n) is 10.7. The van der Waals surface area contributed by atoms with E-state index in [1.807, 2.05) is 38.2 Å². The van der Waals surface area contributed by atoms with E-state index in [0.717, 1.165) is 24.2 Å². The van der Waals surface area contributed by atoms with Crippen molar-refractivity contribution in [1.82, 2.24) is 4.90 Å². The van der Waals surface area contributed by atoms with Gasteiger partial charge in [0.25, 0.3) is 0 Å². The summed E-state index contributed by atoms with van der Waals surface area (Å²) in [6.45, 7) is 3.06. The fourth-order valence-corrected chi connectivity index (χ4v) is 1.45. The van der Waals surface area contributed by atoms with Gasteiger partial charge in [-0.25, -0.2) is 4.79 Å². The Morgan fingerprint density at radius 2 is 2.00 bits per heavy atom. The van der Waals surface area contributed by atoms with Crippen LogP contribution in [0.4, 0.5) is 10.5 Å². The van der Waals surface area contributed by atoms with Gasteiger partial charge in [-0.2, -0.15) is 0 Å². The van der Waals surface area contributed by atoms with Crippen LogP contribution < -0.4 is 5.32 Å². The third-order valence-corrected chi connectivity index (χ3v) is 2.48. The van der Waals surface area contributed by atoms with Crippen molar-refractivity contribution in [2.45, 2.75) is 20.0 Å². The smallest absolute Gasteiger partial charge is 0.409 e. The summed E-state index contributed by atoms with van der Waals surface area (Å²) < 4.78 is 5.18. The van der Waals surface area contributed by atoms with Crippen LogP contribution in [0.2, 0.25) is 0 Å². The van der Waals surface area contributed by atoms with Crippen molar-refractivity contribution < 1.29 is 9.53 Å². The lowest BCUT2D eigenvalue weighted by Crippen LogP contribution is -2.27. The molecule has 0 saturated carbocycles. The summed E-state index contributed by atoms with van der Waals surface area (Å²) in [5.41, 5.74) is 2.03. The standard InChI is InChI=1S/C13H20N2O2/c1-4-9-15(3)13(16)17-10-11-5-7-12(14-2)8-6-11/h5-8,14H,4,9-10H2,1-3H3. The first-order valence-electron chi connectivity index (χ1n) is 5.82. The molecule has 0 aliphatic carbocycles. The Balaban J connectivity index is 2.41. The number of carbonyl (C=O) groups is 1. The van der Waals surface area contributed by atoms with Crippen LogP contribution in [0.1, 0.15) is 18.9 Å². The summed E-state index contributed by atoms with van der Waals surface area (Å²) in [4.78, 5) is 13.1. The van der Waals surface area contributed by atoms with Crippen molar-refractivity contribution in [3.05, 3.63) is 29.8 Å². The third-order valence-electron chi connectivity index (χ3n) is 2.48. The van der Waals surface area contributed by atoms with Gasteiger partial charge in [0.05, 0.1) is 0 Å². The molecule has 1 N–H and O–H groups in total. The van der Waals surface area contributed by atoms with E-state index in [0.29, 0.717) is 6.61 Å². The molecular weight excluding hydrogens is 216 g/mol. The van der Waals surface area contributed by atoms with E-state index in [9.17, 15) is 4.79 Å². The Bertz CT molecular complexity index is 349. The van der Waals surface area contributed by atoms with Gasteiger partial charge >= 0.3 is 6.09 Å². The minimum Gasteiger partial charge on any atom is -0.445 e. The largest absolute Gasteiger partial charge is 0.445 e. The molecule has 4 nitrogen and oxygen atoms in total. The second kappa shape index (κ2) is 6.78. The highest BCUT2D eigenvalue weighted by atomic mass is 16.6. The van der Waals surface area contributed by atoms with Crippen molar-refractivity contribution in [3.63, 3.8) is 0 Å². The fraction of sp³-hybridized carbons (Fsp3) is 0.462. The molecule has 0 spiro atoms. The quantitative estimate of drug-likeness (QED) is 0.854. The Hall–Kier alpha value is -1.71. The van der Waals surface area contributed by atoms with Crippen molar-refractivity contribution in [2.75, 3.05) is 26.0 Å². The molecule has 0 atom stereocenters. The van der Waals surface area contributed by atoms with Gasteiger partial charge in [0.15, 0.2) is 0 Å². The van der Waals surface area contributed by atoms with Crippen molar-refractivity contribution in [2.24, 2.45) is 0 Å². The molecule has 1 rings (SSSR count). The summed E-state index contributed by atoms with van der Waals surface area (Å²) >= 11 is 0. The zero-order chi connectivity index (χ0) is 12.7. The van der Waals surface area contributed by atoms with Gasteiger partial charge in [-0.1, -0.05) is 19.1 Å². The summed E-state index contributed by atoms with van der Waals surface area (Å²) in [6.07, 6.45) is 0.659. The van der Waals surface area contributed by atoms with Gasteiger partial charge in [0, 0.05) is 26.3 Å². The van der Waals surface area contributed by atoms with Gasteiger partial charge in [0.2, 0.25) is 0 Å². The fourth-order valence-electron chi connectivity index (χ4n) is 1.45. The number of anilines is 1. The first-order valence-corrected chi connectivity index (χ1v) is 5.82. The molecule has 0 aliphatic rings. The minimum atomic E-state index is -0.274. The van der Waals surface area contributed by atoms with E-state index >= 15 is 0 Å². The molecule has 17 heavy (non-hydrogen) atoms. The van der Waals surface area contributed by atoms with Gasteiger partial charge in [-0.3, -0.25) is 0 Å². The van der Waals surface area contributed by atoms with Gasteiger partial charge in [0.1, 0.15) is 6.61 Å². The van der Waals surface area contributed by atoms with Crippen molar-refractivity contribution >= 4 is 11.8 Å². The molecule has 4 heteroatoms. The maximum Gasteiger partial charge on any atom is 0.409 e. The lowest BCUT2D eigenvalue weighted by molar-refractivity contribution is 0.105. The molecule has 1 aromatic rings. The average molecular weight is 236 g/mol. The Labute approximate surface area is 103 Å². The maximum atomic E-state index is 11.5. The van der Waals surface area contributed by atoms with E-state index in [2.05, 4.69) is 5.32 Å². The summed E-state index contributed by atoms with van der Waals surface area (Å²) in [5.74, 6) is 0. The van der Waals surface area contributed by atoms with Crippen LogP contribution in [-0.4, -0.2) is 31.6 Å². The molecule has 0 aliphatic heterocycles. The van der Waals surface area contributed by atoms with E-state index in [1.54, 1.807) is 11.9 Å². The summed E-state index contributed by atoms with van der Waals surface area (Å²) in [7, 11) is 3.62. The second-order valence-corrected chi connectivity index (χ2v) is 3.92. The normalized spacial score (nSPS) is 9.82. The highest BCUT2D eigenvalue weighted by Crippen LogP contribution is 2.09. The Kier molecular flexibility index (Phi) is 5.33. The average Bonchev–Trinajstić information content (AvgIpc) is 2.36. The van der Waals surface area contributed by atoms with E-state index in [4.69, 9.17) is 4.74 Å². The van der Waals surface area contributed by atoms with Crippen LogP contribution >= 0.6 is 0 Å². The molecule has 1 aromatic carbocycles. The van der Waals surface area contributed by atoms with Gasteiger partial charge in [-0.15, -0.1) is 0 Å². The number of rotatable bonds is 5. The minimum absolute atomic E-state index is 0.274. The van der Waals surface area contributed by atoms with Crippen molar-refractivity contribution in [3.8, 4) is 0 Å². The van der Waals surface area contributed by atoms with E-state index in [-0.39, 0.29) is 6.09 Å². The second-order valence-electron chi connectivity index (χ2n) is 3.92. The topological polar surface area (TPSA) is 41.6 Å². The zero-order valence-corrected chi connectivity index (χ0v) is 10.7. The first-order chi connectivity index (χ1) is 8.17. The molecule has 94 valence electrons. The molecule has 0 radical (unpaired) electrons. The predicted octanol–water partition coefficient (Wildman–Crippen LogP) is 2.71. The summed E-state index contributed by atoms with van der Waals surface area (Å²) in [5, 5.41) is 3.04. The number of benzene rings is 1. The molecule has 0 unspecified atom stereocenters. The van der Waals surface area contributed by atoms with Crippen LogP contribution in [0, 0.1) is 0 Å². The Morgan fingerprint density at radius 1 is 1.35 bits per heavy atom. The number of nitrogens with zero attached hydrogens (tertiary/aromatic N) is 1. The van der Waals surface area contributed by atoms with Gasteiger partial charge < -0.3 is 15.0 Å². The van der Waals surface area contributed by atoms with E-state index in [1.165, 1.54) is 0 Å². The van der Waals surface area contributed by atoms with Crippen LogP contribution in [0.15, 0.2) is 24.3 Å². The van der Waals surface area contributed by atoms with Crippen LogP contribution in [-0.2, 0) is 11.3 Å². The number of ether oxygens (including phenoxy) is 1. The molecule has 0 aromatic heterocycles. The SMILES string of the molecule is CCCN(C)C(=O)OCc1ccc(NC)cc1. The van der Waals surface area contributed by atoms with Crippen LogP contribution in [0.3, 0.4) is 0 Å². The van der Waals surface area contributed by atoms with Crippen LogP contribution in [0.25, 0.3) is 0 Å². The Morgan fingerprint density at radius 3 is 2.53 bits per heavy atom. The molecule has 0 fully saturated rings. The molecule has 1 amide bonds. The van der Waals surface area contributed by atoms with E-state index < -0.39 is 0 Å². The predicted molar refractivity (Wildman–Crippen MR) is 69.1 cm³/mol. The molecule has 0 heterocycles. The highest BCUT2D eigenvalue weighted by molar-refractivity contribution is 5.67. The number of amides is 1. The highest BCUT2D eigenvalue weighted by Gasteiger charge is 2.08. The molecule has 0 bridgehead atoms. The van der Waals surface area contributed by atoms with Crippen LogP contribution in [0.5, 0.6) is 0 Å². The number of nitrogens with one attached hydrogen (secondary N) is 1.